The van der Waals surface area contributed by atoms with Crippen LogP contribution in [0.3, 0.4) is 0 Å². The van der Waals surface area contributed by atoms with Gasteiger partial charge in [0.25, 0.3) is 0 Å². The van der Waals surface area contributed by atoms with Crippen LogP contribution in [-0.2, 0) is 0 Å². The monoisotopic (exact) mass is 210 g/mol. The average molecular weight is 210 g/mol. The molecule has 0 atom stereocenters. The Bertz CT molecular complexity index is 195. The number of likely N-dealkylation sites (tertiary alicyclic amines) is 1. The van der Waals surface area contributed by atoms with Gasteiger partial charge >= 0.3 is 0 Å². The standard InChI is InChI=1S/C13H26N2/c1-13(2)7-3-10-15(13)11-6-12-4-8-14-9-5-12/h12,14H,3-11H2,1-2H3. The van der Waals surface area contributed by atoms with Crippen LogP contribution in [0.5, 0.6) is 0 Å². The number of nitrogens with zero attached hydrogens (tertiary/aromatic N) is 1. The van der Waals surface area contributed by atoms with Crippen molar-refractivity contribution in [2.45, 2.75) is 51.5 Å². The molecule has 2 saturated heterocycles. The van der Waals surface area contributed by atoms with Crippen LogP contribution in [0.15, 0.2) is 0 Å². The molecule has 0 aliphatic carbocycles. The summed E-state index contributed by atoms with van der Waals surface area (Å²) in [5.74, 6) is 0.989. The minimum atomic E-state index is 0.479. The van der Waals surface area contributed by atoms with E-state index in [1.54, 1.807) is 0 Å². The van der Waals surface area contributed by atoms with E-state index in [2.05, 4.69) is 24.1 Å². The molecule has 1 N–H and O–H groups in total. The second-order valence-corrected chi connectivity index (χ2v) is 5.89. The van der Waals surface area contributed by atoms with E-state index >= 15 is 0 Å². The molecule has 0 saturated carbocycles. The molecule has 0 amide bonds. The van der Waals surface area contributed by atoms with Crippen molar-refractivity contribution < 1.29 is 0 Å². The summed E-state index contributed by atoms with van der Waals surface area (Å²) in [5.41, 5.74) is 0.479. The SMILES string of the molecule is CC1(C)CCCN1CCC1CCNCC1. The Morgan fingerprint density at radius 1 is 1.27 bits per heavy atom. The lowest BCUT2D eigenvalue weighted by molar-refractivity contribution is 0.157. The van der Waals surface area contributed by atoms with Crippen molar-refractivity contribution in [3.63, 3.8) is 0 Å². The van der Waals surface area contributed by atoms with Crippen LogP contribution in [0, 0.1) is 5.92 Å². The number of piperidine rings is 1. The van der Waals surface area contributed by atoms with Crippen LogP contribution in [-0.4, -0.2) is 36.6 Å². The third kappa shape index (κ3) is 2.94. The molecule has 0 unspecified atom stereocenters. The normalized spacial score (nSPS) is 28.4. The van der Waals surface area contributed by atoms with E-state index in [0.29, 0.717) is 5.54 Å². The lowest BCUT2D eigenvalue weighted by Crippen LogP contribution is -2.40. The van der Waals surface area contributed by atoms with E-state index in [4.69, 9.17) is 0 Å². The zero-order valence-electron chi connectivity index (χ0n) is 10.4. The van der Waals surface area contributed by atoms with E-state index in [-0.39, 0.29) is 0 Å². The van der Waals surface area contributed by atoms with Gasteiger partial charge in [-0.1, -0.05) is 0 Å². The molecule has 2 heteroatoms. The first-order valence-electron chi connectivity index (χ1n) is 6.64. The van der Waals surface area contributed by atoms with Crippen LogP contribution in [0.25, 0.3) is 0 Å². The summed E-state index contributed by atoms with van der Waals surface area (Å²) in [5, 5.41) is 3.45. The van der Waals surface area contributed by atoms with Gasteiger partial charge in [-0.05, 0) is 78.0 Å². The van der Waals surface area contributed by atoms with Crippen molar-refractivity contribution in [1.82, 2.24) is 10.2 Å². The summed E-state index contributed by atoms with van der Waals surface area (Å²) in [6, 6.07) is 0. The molecular formula is C13H26N2. The topological polar surface area (TPSA) is 15.3 Å². The van der Waals surface area contributed by atoms with E-state index in [1.807, 2.05) is 0 Å². The minimum Gasteiger partial charge on any atom is -0.317 e. The molecule has 0 bridgehead atoms. The summed E-state index contributed by atoms with van der Waals surface area (Å²) in [4.78, 5) is 2.70. The fraction of sp³-hybridized carbons (Fsp3) is 1.00. The Morgan fingerprint density at radius 3 is 2.60 bits per heavy atom. The molecule has 0 radical (unpaired) electrons. The summed E-state index contributed by atoms with van der Waals surface area (Å²) < 4.78 is 0. The Labute approximate surface area is 94.4 Å². The van der Waals surface area contributed by atoms with Crippen LogP contribution in [0.1, 0.15) is 46.0 Å². The van der Waals surface area contributed by atoms with Gasteiger partial charge in [-0.2, -0.15) is 0 Å². The molecule has 15 heavy (non-hydrogen) atoms. The van der Waals surface area contributed by atoms with Crippen LogP contribution in [0.4, 0.5) is 0 Å². The van der Waals surface area contributed by atoms with Gasteiger partial charge in [-0.25, -0.2) is 0 Å². The Hall–Kier alpha value is -0.0800. The van der Waals surface area contributed by atoms with E-state index in [9.17, 15) is 0 Å². The summed E-state index contributed by atoms with van der Waals surface area (Å²) in [6.45, 7) is 9.96. The van der Waals surface area contributed by atoms with Gasteiger partial charge in [0.1, 0.15) is 0 Å². The van der Waals surface area contributed by atoms with Gasteiger partial charge in [-0.3, -0.25) is 4.90 Å². The third-order valence-electron chi connectivity index (χ3n) is 4.34. The maximum Gasteiger partial charge on any atom is 0.0153 e. The highest BCUT2D eigenvalue weighted by Gasteiger charge is 2.31. The maximum atomic E-state index is 3.45. The Kier molecular flexibility index (Phi) is 3.68. The minimum absolute atomic E-state index is 0.479. The summed E-state index contributed by atoms with van der Waals surface area (Å²) >= 11 is 0. The number of nitrogens with one attached hydrogen (secondary N) is 1. The smallest absolute Gasteiger partial charge is 0.0153 e. The molecular weight excluding hydrogens is 184 g/mol. The van der Waals surface area contributed by atoms with Gasteiger partial charge in [0.15, 0.2) is 0 Å². The molecule has 2 rings (SSSR count). The van der Waals surface area contributed by atoms with Crippen LogP contribution in [0.2, 0.25) is 0 Å². The second-order valence-electron chi connectivity index (χ2n) is 5.89. The Balaban J connectivity index is 1.72. The number of hydrogen-bond acceptors (Lipinski definition) is 2. The molecule has 0 aromatic rings. The molecule has 0 spiro atoms. The first-order valence-corrected chi connectivity index (χ1v) is 6.64. The first-order chi connectivity index (χ1) is 7.18. The molecule has 2 heterocycles. The van der Waals surface area contributed by atoms with Gasteiger partial charge in [-0.15, -0.1) is 0 Å². The summed E-state index contributed by atoms with van der Waals surface area (Å²) in [7, 11) is 0. The highest BCUT2D eigenvalue weighted by Crippen LogP contribution is 2.29. The highest BCUT2D eigenvalue weighted by molar-refractivity contribution is 4.88. The van der Waals surface area contributed by atoms with Crippen molar-refractivity contribution >= 4 is 0 Å². The van der Waals surface area contributed by atoms with Gasteiger partial charge in [0, 0.05) is 5.54 Å². The van der Waals surface area contributed by atoms with Crippen molar-refractivity contribution in [3.05, 3.63) is 0 Å². The van der Waals surface area contributed by atoms with Gasteiger partial charge in [0.05, 0.1) is 0 Å². The number of rotatable bonds is 3. The highest BCUT2D eigenvalue weighted by atomic mass is 15.2. The predicted octanol–water partition coefficient (Wildman–Crippen LogP) is 2.25. The van der Waals surface area contributed by atoms with Gasteiger partial charge in [0.2, 0.25) is 0 Å². The second kappa shape index (κ2) is 4.84. The molecule has 2 aliphatic heterocycles. The molecule has 2 aliphatic rings. The predicted molar refractivity (Wildman–Crippen MR) is 65.1 cm³/mol. The molecule has 0 aromatic heterocycles. The maximum absolute atomic E-state index is 3.45. The van der Waals surface area contributed by atoms with Crippen molar-refractivity contribution in [1.29, 1.82) is 0 Å². The van der Waals surface area contributed by atoms with E-state index < -0.39 is 0 Å². The van der Waals surface area contributed by atoms with E-state index in [1.165, 1.54) is 58.3 Å². The average Bonchev–Trinajstić information content (AvgIpc) is 2.56. The largest absolute Gasteiger partial charge is 0.317 e. The third-order valence-corrected chi connectivity index (χ3v) is 4.34. The molecule has 2 nitrogen and oxygen atoms in total. The lowest BCUT2D eigenvalue weighted by atomic mass is 9.93. The first kappa shape index (κ1) is 11.4. The molecule has 2 fully saturated rings. The molecule has 0 aromatic carbocycles. The molecule has 88 valence electrons. The van der Waals surface area contributed by atoms with Crippen molar-refractivity contribution in [2.75, 3.05) is 26.2 Å². The quantitative estimate of drug-likeness (QED) is 0.768. The van der Waals surface area contributed by atoms with Crippen molar-refractivity contribution in [3.8, 4) is 0 Å². The van der Waals surface area contributed by atoms with Crippen LogP contribution >= 0.6 is 0 Å². The Morgan fingerprint density at radius 2 is 2.00 bits per heavy atom. The van der Waals surface area contributed by atoms with Gasteiger partial charge < -0.3 is 5.32 Å². The lowest BCUT2D eigenvalue weighted by Gasteiger charge is -2.33. The fourth-order valence-corrected chi connectivity index (χ4v) is 3.09. The zero-order valence-corrected chi connectivity index (χ0v) is 10.4. The van der Waals surface area contributed by atoms with Crippen molar-refractivity contribution in [2.24, 2.45) is 5.92 Å². The number of hydrogen-bond donors (Lipinski definition) is 1. The summed E-state index contributed by atoms with van der Waals surface area (Å²) in [6.07, 6.45) is 7.01. The fourth-order valence-electron chi connectivity index (χ4n) is 3.09. The zero-order chi connectivity index (χ0) is 10.7. The van der Waals surface area contributed by atoms with E-state index in [0.717, 1.165) is 5.92 Å². The van der Waals surface area contributed by atoms with Crippen LogP contribution < -0.4 is 5.32 Å².